The van der Waals surface area contributed by atoms with Gasteiger partial charge in [-0.2, -0.15) is 5.10 Å². The van der Waals surface area contributed by atoms with Gasteiger partial charge in [-0.1, -0.05) is 11.6 Å². The fourth-order valence-corrected chi connectivity index (χ4v) is 2.70. The number of nitrogens with zero attached hydrogens (tertiary/aromatic N) is 3. The second-order valence-electron chi connectivity index (χ2n) is 5.21. The van der Waals surface area contributed by atoms with Gasteiger partial charge < -0.3 is 10.0 Å². The molecule has 1 aliphatic rings. The van der Waals surface area contributed by atoms with E-state index in [1.165, 1.54) is 0 Å². The lowest BCUT2D eigenvalue weighted by Crippen LogP contribution is -2.42. The summed E-state index contributed by atoms with van der Waals surface area (Å²) in [4.78, 5) is 2.22. The molecule has 4 nitrogen and oxygen atoms in total. The van der Waals surface area contributed by atoms with Crippen molar-refractivity contribution in [1.29, 1.82) is 0 Å². The number of aliphatic hydroxyl groups is 1. The van der Waals surface area contributed by atoms with Gasteiger partial charge in [-0.15, -0.1) is 0 Å². The minimum absolute atomic E-state index is 0.209. The highest BCUT2D eigenvalue weighted by atomic mass is 35.5. The molecule has 0 aromatic carbocycles. The van der Waals surface area contributed by atoms with E-state index in [0.717, 1.165) is 18.8 Å². The highest BCUT2D eigenvalue weighted by Gasteiger charge is 2.38. The van der Waals surface area contributed by atoms with E-state index in [-0.39, 0.29) is 6.04 Å². The lowest BCUT2D eigenvalue weighted by Gasteiger charge is -2.37. The molecule has 1 saturated heterocycles. The Balaban J connectivity index is 2.35. The van der Waals surface area contributed by atoms with E-state index in [4.69, 9.17) is 11.6 Å². The van der Waals surface area contributed by atoms with Gasteiger partial charge in [-0.25, -0.2) is 0 Å². The van der Waals surface area contributed by atoms with Crippen molar-refractivity contribution < 1.29 is 5.11 Å². The standard InChI is InChI=1S/C12H20ClN3O/c1-9(2)16-11(10(13)8-14-16)12(17)4-6-15(3)7-5-12/h8-9,17H,4-7H2,1-3H3. The maximum atomic E-state index is 10.8. The Labute approximate surface area is 107 Å². The Morgan fingerprint density at radius 2 is 2.00 bits per heavy atom. The molecule has 1 aromatic rings. The molecule has 0 spiro atoms. The maximum absolute atomic E-state index is 10.8. The molecule has 1 fully saturated rings. The molecule has 0 bridgehead atoms. The third kappa shape index (κ3) is 2.34. The molecule has 1 aromatic heterocycles. The Morgan fingerprint density at radius 1 is 1.41 bits per heavy atom. The number of likely N-dealkylation sites (tertiary alicyclic amines) is 1. The minimum atomic E-state index is -0.829. The van der Waals surface area contributed by atoms with Crippen LogP contribution in [0.1, 0.15) is 38.4 Å². The van der Waals surface area contributed by atoms with Crippen LogP contribution in [0.3, 0.4) is 0 Å². The van der Waals surface area contributed by atoms with E-state index >= 15 is 0 Å². The first-order valence-electron chi connectivity index (χ1n) is 6.08. The summed E-state index contributed by atoms with van der Waals surface area (Å²) in [5.41, 5.74) is -0.0491. The lowest BCUT2D eigenvalue weighted by molar-refractivity contribution is -0.0280. The summed E-state index contributed by atoms with van der Waals surface area (Å²) in [6, 6.07) is 0.209. The molecule has 0 aliphatic carbocycles. The van der Waals surface area contributed by atoms with Crippen LogP contribution in [0.5, 0.6) is 0 Å². The molecule has 0 radical (unpaired) electrons. The SMILES string of the molecule is CC(C)n1ncc(Cl)c1C1(O)CCN(C)CC1. The van der Waals surface area contributed by atoms with Gasteiger partial charge >= 0.3 is 0 Å². The van der Waals surface area contributed by atoms with Crippen LogP contribution in [0, 0.1) is 0 Å². The Bertz CT molecular complexity index is 394. The number of rotatable bonds is 2. The topological polar surface area (TPSA) is 41.3 Å². The van der Waals surface area contributed by atoms with E-state index in [1.807, 2.05) is 18.5 Å². The van der Waals surface area contributed by atoms with Crippen molar-refractivity contribution in [3.8, 4) is 0 Å². The fraction of sp³-hybridized carbons (Fsp3) is 0.750. The molecule has 0 unspecified atom stereocenters. The molecule has 1 N–H and O–H groups in total. The second kappa shape index (κ2) is 4.59. The Kier molecular flexibility index (Phi) is 3.48. The van der Waals surface area contributed by atoms with Crippen molar-refractivity contribution in [3.05, 3.63) is 16.9 Å². The van der Waals surface area contributed by atoms with E-state index in [0.29, 0.717) is 17.9 Å². The van der Waals surface area contributed by atoms with E-state index in [1.54, 1.807) is 6.20 Å². The molecule has 0 atom stereocenters. The normalized spacial score (nSPS) is 21.1. The van der Waals surface area contributed by atoms with Crippen LogP contribution in [-0.2, 0) is 5.60 Å². The molecular weight excluding hydrogens is 238 g/mol. The number of aromatic nitrogens is 2. The van der Waals surface area contributed by atoms with Crippen molar-refractivity contribution in [1.82, 2.24) is 14.7 Å². The number of piperidine rings is 1. The molecule has 0 amide bonds. The van der Waals surface area contributed by atoms with Gasteiger partial charge in [-0.3, -0.25) is 4.68 Å². The molecule has 0 saturated carbocycles. The summed E-state index contributed by atoms with van der Waals surface area (Å²) in [7, 11) is 2.07. The first-order valence-corrected chi connectivity index (χ1v) is 6.46. The first-order chi connectivity index (χ1) is 7.94. The predicted molar refractivity (Wildman–Crippen MR) is 68.2 cm³/mol. The van der Waals surface area contributed by atoms with Crippen LogP contribution >= 0.6 is 11.6 Å². The third-order valence-corrected chi connectivity index (χ3v) is 3.77. The van der Waals surface area contributed by atoms with Gasteiger partial charge in [0.1, 0.15) is 5.60 Å². The van der Waals surface area contributed by atoms with Gasteiger partial charge in [0.05, 0.1) is 16.9 Å². The second-order valence-corrected chi connectivity index (χ2v) is 5.62. The van der Waals surface area contributed by atoms with E-state index in [9.17, 15) is 5.11 Å². The van der Waals surface area contributed by atoms with E-state index in [2.05, 4.69) is 17.0 Å². The summed E-state index contributed by atoms with van der Waals surface area (Å²) in [5.74, 6) is 0. The zero-order chi connectivity index (χ0) is 12.6. The van der Waals surface area contributed by atoms with Gasteiger partial charge in [0.25, 0.3) is 0 Å². The van der Waals surface area contributed by atoms with Crippen LogP contribution in [-0.4, -0.2) is 39.9 Å². The maximum Gasteiger partial charge on any atom is 0.110 e. The average molecular weight is 258 g/mol. The zero-order valence-corrected chi connectivity index (χ0v) is 11.4. The summed E-state index contributed by atoms with van der Waals surface area (Å²) < 4.78 is 1.84. The third-order valence-electron chi connectivity index (χ3n) is 3.49. The number of hydrogen-bond acceptors (Lipinski definition) is 3. The largest absolute Gasteiger partial charge is 0.383 e. The van der Waals surface area contributed by atoms with Gasteiger partial charge in [0.2, 0.25) is 0 Å². The van der Waals surface area contributed by atoms with Crippen LogP contribution in [0.15, 0.2) is 6.20 Å². The average Bonchev–Trinajstić information content (AvgIpc) is 2.66. The predicted octanol–water partition coefficient (Wildman–Crippen LogP) is 2.03. The zero-order valence-electron chi connectivity index (χ0n) is 10.6. The van der Waals surface area contributed by atoms with Crippen LogP contribution in [0.4, 0.5) is 0 Å². The van der Waals surface area contributed by atoms with Gasteiger partial charge in [0.15, 0.2) is 0 Å². The fourth-order valence-electron chi connectivity index (χ4n) is 2.39. The van der Waals surface area contributed by atoms with Crippen LogP contribution < -0.4 is 0 Å². The van der Waals surface area contributed by atoms with Gasteiger partial charge in [-0.05, 0) is 33.7 Å². The molecule has 17 heavy (non-hydrogen) atoms. The summed E-state index contributed by atoms with van der Waals surface area (Å²) >= 11 is 6.19. The minimum Gasteiger partial charge on any atom is -0.383 e. The van der Waals surface area contributed by atoms with Crippen molar-refractivity contribution in [2.75, 3.05) is 20.1 Å². The smallest absolute Gasteiger partial charge is 0.110 e. The summed E-state index contributed by atoms with van der Waals surface area (Å²) in [5, 5.41) is 15.6. The van der Waals surface area contributed by atoms with Crippen LogP contribution in [0.2, 0.25) is 5.02 Å². The monoisotopic (exact) mass is 257 g/mol. The highest BCUT2D eigenvalue weighted by Crippen LogP contribution is 2.37. The molecule has 5 heteroatoms. The summed E-state index contributed by atoms with van der Waals surface area (Å²) in [6.07, 6.45) is 3.05. The van der Waals surface area contributed by atoms with E-state index < -0.39 is 5.60 Å². The first kappa shape index (κ1) is 12.9. The Morgan fingerprint density at radius 3 is 2.53 bits per heavy atom. The summed E-state index contributed by atoms with van der Waals surface area (Å²) in [6.45, 7) is 5.86. The quantitative estimate of drug-likeness (QED) is 0.882. The van der Waals surface area contributed by atoms with Gasteiger partial charge in [0, 0.05) is 19.1 Å². The number of halogens is 1. The Hall–Kier alpha value is -0.580. The highest BCUT2D eigenvalue weighted by molar-refractivity contribution is 6.31. The molecular formula is C12H20ClN3O. The van der Waals surface area contributed by atoms with Crippen molar-refractivity contribution in [3.63, 3.8) is 0 Å². The van der Waals surface area contributed by atoms with Crippen molar-refractivity contribution in [2.24, 2.45) is 0 Å². The van der Waals surface area contributed by atoms with Crippen LogP contribution in [0.25, 0.3) is 0 Å². The molecule has 96 valence electrons. The van der Waals surface area contributed by atoms with Crippen molar-refractivity contribution in [2.45, 2.75) is 38.3 Å². The molecule has 2 rings (SSSR count). The number of hydrogen-bond donors (Lipinski definition) is 1. The lowest BCUT2D eigenvalue weighted by atomic mass is 9.88. The van der Waals surface area contributed by atoms with Crippen molar-refractivity contribution >= 4 is 11.6 Å². The molecule has 1 aliphatic heterocycles. The molecule has 2 heterocycles.